The van der Waals surface area contributed by atoms with Crippen LogP contribution in [0, 0.1) is 17.7 Å². The summed E-state index contributed by atoms with van der Waals surface area (Å²) >= 11 is 0. The summed E-state index contributed by atoms with van der Waals surface area (Å²) in [6.07, 6.45) is 1.15. The Morgan fingerprint density at radius 2 is 1.25 bits per heavy atom. The number of carbonyl (C=O) groups is 4. The number of carboxylic acid groups (broad SMARTS) is 1. The Bertz CT molecular complexity index is 2330. The molecule has 59 heavy (non-hydrogen) atoms. The first-order valence-electron chi connectivity index (χ1n) is 20.2. The van der Waals surface area contributed by atoms with Gasteiger partial charge in [-0.25, -0.2) is 23.9 Å². The molecule has 5 N–H and O–H groups in total. The summed E-state index contributed by atoms with van der Waals surface area (Å²) in [6, 6.07) is 16.3. The Labute approximate surface area is 341 Å². The number of likely N-dealkylation sites (tertiary alicyclic amines) is 2. The molecule has 2 fully saturated rings. The minimum atomic E-state index is -1.23. The molecule has 0 radical (unpaired) electrons. The summed E-state index contributed by atoms with van der Waals surface area (Å²) in [5, 5.41) is 14.5. The van der Waals surface area contributed by atoms with Crippen LogP contribution in [0.1, 0.15) is 88.2 Å². The maximum absolute atomic E-state index is 14.1. The van der Waals surface area contributed by atoms with Gasteiger partial charge < -0.3 is 45.1 Å². The Kier molecular flexibility index (Phi) is 12.1. The van der Waals surface area contributed by atoms with Crippen molar-refractivity contribution in [2.75, 3.05) is 25.1 Å². The van der Waals surface area contributed by atoms with Crippen LogP contribution in [0.25, 0.3) is 22.1 Å². The van der Waals surface area contributed by atoms with Gasteiger partial charge in [-0.1, -0.05) is 39.8 Å². The maximum atomic E-state index is 14.1. The third kappa shape index (κ3) is 8.95. The highest BCUT2D eigenvalue weighted by Crippen LogP contribution is 2.35. The van der Waals surface area contributed by atoms with E-state index in [2.05, 4.69) is 25.5 Å². The van der Waals surface area contributed by atoms with Crippen molar-refractivity contribution in [3.05, 3.63) is 89.3 Å². The zero-order valence-corrected chi connectivity index (χ0v) is 34.0. The van der Waals surface area contributed by atoms with E-state index < -0.39 is 24.3 Å². The summed E-state index contributed by atoms with van der Waals surface area (Å²) < 4.78 is 18.9. The maximum Gasteiger partial charge on any atom is 0.407 e. The number of aromatic amines is 2. The predicted octanol–water partition coefficient (Wildman–Crippen LogP) is 6.78. The topological polar surface area (TPSA) is 189 Å². The first-order chi connectivity index (χ1) is 28.3. The van der Waals surface area contributed by atoms with Crippen LogP contribution in [0.2, 0.25) is 0 Å². The molecule has 0 unspecified atom stereocenters. The lowest BCUT2D eigenvalue weighted by atomic mass is 10.0. The number of H-pyrrole nitrogens is 2. The first-order valence-corrected chi connectivity index (χ1v) is 20.2. The number of nitrogens with one attached hydrogen (secondary N) is 4. The second-order valence-corrected chi connectivity index (χ2v) is 16.2. The van der Waals surface area contributed by atoms with Crippen molar-refractivity contribution in [3.63, 3.8) is 0 Å². The van der Waals surface area contributed by atoms with Gasteiger partial charge in [0.05, 0.1) is 41.3 Å². The van der Waals surface area contributed by atoms with E-state index in [0.717, 1.165) is 58.1 Å². The van der Waals surface area contributed by atoms with Gasteiger partial charge in [0.2, 0.25) is 11.8 Å². The van der Waals surface area contributed by atoms with Crippen molar-refractivity contribution in [2.45, 2.75) is 90.6 Å². The van der Waals surface area contributed by atoms with Gasteiger partial charge in [0, 0.05) is 31.9 Å². The van der Waals surface area contributed by atoms with E-state index in [-0.39, 0.29) is 41.6 Å². The van der Waals surface area contributed by atoms with Crippen molar-refractivity contribution in [1.82, 2.24) is 40.4 Å². The minimum Gasteiger partial charge on any atom is -0.465 e. The van der Waals surface area contributed by atoms with Crippen LogP contribution in [-0.4, -0.2) is 91.1 Å². The van der Waals surface area contributed by atoms with E-state index in [0.29, 0.717) is 44.2 Å². The van der Waals surface area contributed by atoms with Crippen LogP contribution in [0.15, 0.2) is 60.7 Å². The average molecular weight is 810 g/mol. The molecule has 16 heteroatoms. The van der Waals surface area contributed by atoms with E-state index in [1.165, 1.54) is 19.2 Å². The SMILES string of the molecule is COC(=O)N[C@H](C(=O)N1CCC[C@H]1c1nc2cc(CN(Cc3ccc4[nH]c([C@@H]5CCCN5C(=O)[C@@H](NC(=O)O)C(C)C)nc4c3)c3ccc(F)cc3)ccc2[nH]1)C(C)C. The van der Waals surface area contributed by atoms with E-state index in [1.807, 2.05) is 64.1 Å². The number of nitrogens with zero attached hydrogens (tertiary/aromatic N) is 5. The summed E-state index contributed by atoms with van der Waals surface area (Å²) in [5.74, 6) is 0.223. The number of anilines is 1. The van der Waals surface area contributed by atoms with Gasteiger partial charge in [0.1, 0.15) is 29.5 Å². The fraction of sp³-hybridized carbons (Fsp3) is 0.442. The highest BCUT2D eigenvalue weighted by molar-refractivity contribution is 5.87. The number of hydrogen-bond donors (Lipinski definition) is 5. The van der Waals surface area contributed by atoms with Gasteiger partial charge in [0.25, 0.3) is 0 Å². The fourth-order valence-corrected chi connectivity index (χ4v) is 8.32. The first kappa shape index (κ1) is 41.0. The number of carbonyl (C=O) groups excluding carboxylic acids is 3. The average Bonchev–Trinajstić information content (AvgIpc) is 4.03. The van der Waals surface area contributed by atoms with Gasteiger partial charge in [-0.3, -0.25) is 9.59 Å². The van der Waals surface area contributed by atoms with Gasteiger partial charge in [-0.15, -0.1) is 0 Å². The summed E-state index contributed by atoms with van der Waals surface area (Å²) in [5.41, 5.74) is 5.94. The highest BCUT2D eigenvalue weighted by Gasteiger charge is 2.39. The molecule has 4 amide bonds. The Morgan fingerprint density at radius 3 is 1.69 bits per heavy atom. The molecular formula is C43H52FN9O6. The molecule has 0 saturated carbocycles. The lowest BCUT2D eigenvalue weighted by Crippen LogP contribution is -2.51. The molecule has 2 aliphatic heterocycles. The van der Waals surface area contributed by atoms with Gasteiger partial charge in [0.15, 0.2) is 0 Å². The Balaban J connectivity index is 1.11. The van der Waals surface area contributed by atoms with E-state index in [1.54, 1.807) is 21.9 Å². The summed E-state index contributed by atoms with van der Waals surface area (Å²) in [4.78, 5) is 73.2. The van der Waals surface area contributed by atoms with Crippen molar-refractivity contribution in [3.8, 4) is 0 Å². The molecule has 4 heterocycles. The number of benzene rings is 3. The van der Waals surface area contributed by atoms with Crippen molar-refractivity contribution in [2.24, 2.45) is 11.8 Å². The number of hydrogen-bond acceptors (Lipinski definition) is 8. The van der Waals surface area contributed by atoms with Crippen molar-refractivity contribution >= 4 is 51.8 Å². The summed E-state index contributed by atoms with van der Waals surface area (Å²) in [7, 11) is 1.28. The molecule has 15 nitrogen and oxygen atoms in total. The molecule has 0 bridgehead atoms. The Morgan fingerprint density at radius 1 is 0.780 bits per heavy atom. The minimum absolute atomic E-state index is 0.141. The molecular weight excluding hydrogens is 758 g/mol. The molecule has 2 aromatic heterocycles. The molecule has 2 aliphatic rings. The van der Waals surface area contributed by atoms with Crippen molar-refractivity contribution < 1.29 is 33.4 Å². The van der Waals surface area contributed by atoms with E-state index in [9.17, 15) is 28.7 Å². The number of imidazole rings is 2. The number of aromatic nitrogens is 4. The van der Waals surface area contributed by atoms with Crippen LogP contribution in [-0.2, 0) is 27.4 Å². The lowest BCUT2D eigenvalue weighted by Gasteiger charge is -2.29. The molecule has 2 saturated heterocycles. The van der Waals surface area contributed by atoms with E-state index >= 15 is 0 Å². The number of amides is 4. The number of methoxy groups -OCH3 is 1. The molecule has 0 aliphatic carbocycles. The summed E-state index contributed by atoms with van der Waals surface area (Å²) in [6.45, 7) is 9.45. The standard InChI is InChI=1S/C43H52FN9O6/c1-24(2)36(49-42(56)57)40(54)52-18-6-8-34(52)38-45-30-16-10-26(20-32(30)47-38)22-51(29-14-12-28(44)13-15-29)23-27-11-17-31-33(21-27)48-39(46-31)35-9-7-19-53(35)41(55)37(25(3)4)50-43(58)59-5/h10-17,20-21,24-25,34-37,49H,6-9,18-19,22-23H2,1-5H3,(H,45,47)(H,46,48)(H,50,58)(H,56,57)/t34-,35-,36-,37-/m0/s1. The van der Waals surface area contributed by atoms with Crippen LogP contribution in [0.4, 0.5) is 19.7 Å². The molecule has 0 spiro atoms. The Hall–Kier alpha value is -6.19. The predicted molar refractivity (Wildman–Crippen MR) is 220 cm³/mol. The smallest absolute Gasteiger partial charge is 0.407 e. The second-order valence-electron chi connectivity index (χ2n) is 16.2. The number of alkyl carbamates (subject to hydrolysis) is 1. The normalized spacial score (nSPS) is 17.8. The van der Waals surface area contributed by atoms with Gasteiger partial charge in [-0.2, -0.15) is 0 Å². The quantitative estimate of drug-likeness (QED) is 0.0854. The highest BCUT2D eigenvalue weighted by atomic mass is 19.1. The van der Waals surface area contributed by atoms with Crippen molar-refractivity contribution in [1.29, 1.82) is 0 Å². The number of halogens is 1. The van der Waals surface area contributed by atoms with Gasteiger partial charge >= 0.3 is 12.2 Å². The van der Waals surface area contributed by atoms with Gasteiger partial charge in [-0.05, 0) is 97.2 Å². The molecule has 3 aromatic carbocycles. The van der Waals surface area contributed by atoms with Crippen LogP contribution in [0.5, 0.6) is 0 Å². The molecule has 312 valence electrons. The third-order valence-corrected chi connectivity index (χ3v) is 11.4. The van der Waals surface area contributed by atoms with Crippen LogP contribution in [0.3, 0.4) is 0 Å². The zero-order valence-electron chi connectivity index (χ0n) is 34.0. The molecule has 4 atom stereocenters. The number of fused-ring (bicyclic) bond motifs is 2. The molecule has 7 rings (SSSR count). The van der Waals surface area contributed by atoms with Crippen LogP contribution >= 0.6 is 0 Å². The third-order valence-electron chi connectivity index (χ3n) is 11.4. The largest absolute Gasteiger partial charge is 0.465 e. The number of rotatable bonds is 13. The zero-order chi connectivity index (χ0) is 42.0. The molecule has 5 aromatic rings. The lowest BCUT2D eigenvalue weighted by molar-refractivity contribution is -0.136. The second kappa shape index (κ2) is 17.3. The fourth-order valence-electron chi connectivity index (χ4n) is 8.32. The number of ether oxygens (including phenoxy) is 1. The van der Waals surface area contributed by atoms with E-state index in [4.69, 9.17) is 14.7 Å². The van der Waals surface area contributed by atoms with Crippen LogP contribution < -0.4 is 15.5 Å². The monoisotopic (exact) mass is 809 g/mol.